The maximum atomic E-state index is 13.7. The lowest BCUT2D eigenvalue weighted by Gasteiger charge is -2.06. The van der Waals surface area contributed by atoms with Gasteiger partial charge in [-0.3, -0.25) is 0 Å². The Morgan fingerprint density at radius 2 is 2.00 bits per heavy atom. The van der Waals surface area contributed by atoms with Gasteiger partial charge in [-0.05, 0) is 31.2 Å². The summed E-state index contributed by atoms with van der Waals surface area (Å²) in [6, 6.07) is 6.21. The monoisotopic (exact) mass is 252 g/mol. The van der Waals surface area contributed by atoms with Crippen molar-refractivity contribution in [1.82, 2.24) is 9.97 Å². The second-order valence-electron chi connectivity index (χ2n) is 3.51. The highest BCUT2D eigenvalue weighted by atomic mass is 35.5. The van der Waals surface area contributed by atoms with Crippen LogP contribution in [0.5, 0.6) is 6.01 Å². The minimum absolute atomic E-state index is 0.208. The van der Waals surface area contributed by atoms with Gasteiger partial charge in [0.15, 0.2) is 0 Å². The number of aromatic nitrogens is 2. The Labute approximate surface area is 103 Å². The van der Waals surface area contributed by atoms with Crippen molar-refractivity contribution in [1.29, 1.82) is 0 Å². The first-order valence-electron chi connectivity index (χ1n) is 4.95. The van der Waals surface area contributed by atoms with E-state index in [0.717, 1.165) is 0 Å². The van der Waals surface area contributed by atoms with E-state index in [1.54, 1.807) is 13.0 Å². The quantitative estimate of drug-likeness (QED) is 0.823. The van der Waals surface area contributed by atoms with E-state index in [2.05, 4.69) is 9.97 Å². The van der Waals surface area contributed by atoms with Crippen LogP contribution in [0, 0.1) is 12.7 Å². The van der Waals surface area contributed by atoms with Gasteiger partial charge in [-0.1, -0.05) is 11.6 Å². The first-order chi connectivity index (χ1) is 8.10. The minimum Gasteiger partial charge on any atom is -0.467 e. The van der Waals surface area contributed by atoms with E-state index in [1.807, 2.05) is 0 Å². The average Bonchev–Trinajstić information content (AvgIpc) is 2.31. The predicted molar refractivity (Wildman–Crippen MR) is 63.7 cm³/mol. The molecule has 88 valence electrons. The lowest BCUT2D eigenvalue weighted by atomic mass is 10.1. The average molecular weight is 253 g/mol. The molecule has 1 aromatic heterocycles. The van der Waals surface area contributed by atoms with Crippen molar-refractivity contribution in [2.75, 3.05) is 7.11 Å². The standard InChI is InChI=1S/C12H10ClFN2O/c1-7-5-11(16-12(15-7)17-2)9-6-8(13)3-4-10(9)14/h3-6H,1-2H3. The van der Waals surface area contributed by atoms with Gasteiger partial charge < -0.3 is 4.74 Å². The molecule has 3 nitrogen and oxygen atoms in total. The summed E-state index contributed by atoms with van der Waals surface area (Å²) < 4.78 is 18.6. The van der Waals surface area contributed by atoms with E-state index < -0.39 is 0 Å². The van der Waals surface area contributed by atoms with Gasteiger partial charge in [0.25, 0.3) is 0 Å². The maximum Gasteiger partial charge on any atom is 0.316 e. The SMILES string of the molecule is COc1nc(C)cc(-c2cc(Cl)ccc2F)n1. The van der Waals surface area contributed by atoms with Crippen molar-refractivity contribution in [2.45, 2.75) is 6.92 Å². The summed E-state index contributed by atoms with van der Waals surface area (Å²) in [7, 11) is 1.47. The molecular weight excluding hydrogens is 243 g/mol. The Bertz CT molecular complexity index is 560. The largest absolute Gasteiger partial charge is 0.467 e. The molecule has 0 fully saturated rings. The molecule has 0 bridgehead atoms. The fraction of sp³-hybridized carbons (Fsp3) is 0.167. The van der Waals surface area contributed by atoms with Crippen molar-refractivity contribution in [3.63, 3.8) is 0 Å². The summed E-state index contributed by atoms with van der Waals surface area (Å²) in [6.45, 7) is 1.79. The van der Waals surface area contributed by atoms with E-state index in [0.29, 0.717) is 22.0 Å². The lowest BCUT2D eigenvalue weighted by molar-refractivity contribution is 0.379. The van der Waals surface area contributed by atoms with Gasteiger partial charge in [-0.2, -0.15) is 4.98 Å². The van der Waals surface area contributed by atoms with Gasteiger partial charge in [-0.15, -0.1) is 0 Å². The molecule has 1 aromatic carbocycles. The van der Waals surface area contributed by atoms with Crippen LogP contribution in [0.25, 0.3) is 11.3 Å². The summed E-state index contributed by atoms with van der Waals surface area (Å²) >= 11 is 5.84. The number of ether oxygens (including phenoxy) is 1. The van der Waals surface area contributed by atoms with Crippen LogP contribution >= 0.6 is 11.6 Å². The molecule has 5 heteroatoms. The van der Waals surface area contributed by atoms with Gasteiger partial charge in [0.05, 0.1) is 12.8 Å². The molecule has 0 amide bonds. The second-order valence-corrected chi connectivity index (χ2v) is 3.94. The van der Waals surface area contributed by atoms with E-state index >= 15 is 0 Å². The molecular formula is C12H10ClFN2O. The fourth-order valence-corrected chi connectivity index (χ4v) is 1.64. The lowest BCUT2D eigenvalue weighted by Crippen LogP contribution is -1.97. The van der Waals surface area contributed by atoms with Crippen LogP contribution in [-0.2, 0) is 0 Å². The number of hydrogen-bond acceptors (Lipinski definition) is 3. The van der Waals surface area contributed by atoms with Crippen molar-refractivity contribution < 1.29 is 9.13 Å². The van der Waals surface area contributed by atoms with Gasteiger partial charge in [0.1, 0.15) is 5.82 Å². The van der Waals surface area contributed by atoms with Crippen molar-refractivity contribution in [3.8, 4) is 17.3 Å². The molecule has 2 aromatic rings. The first-order valence-corrected chi connectivity index (χ1v) is 5.33. The molecule has 0 saturated heterocycles. The van der Waals surface area contributed by atoms with Crippen molar-refractivity contribution >= 4 is 11.6 Å². The summed E-state index contributed by atoms with van der Waals surface area (Å²) in [5.74, 6) is -0.380. The maximum absolute atomic E-state index is 13.7. The molecule has 2 rings (SSSR count). The number of hydrogen-bond donors (Lipinski definition) is 0. The minimum atomic E-state index is -0.380. The summed E-state index contributed by atoms with van der Waals surface area (Å²) in [4.78, 5) is 8.13. The van der Waals surface area contributed by atoms with Crippen LogP contribution < -0.4 is 4.74 Å². The summed E-state index contributed by atoms with van der Waals surface area (Å²) in [5.41, 5.74) is 1.49. The zero-order chi connectivity index (χ0) is 12.4. The number of aryl methyl sites for hydroxylation is 1. The first kappa shape index (κ1) is 11.8. The van der Waals surface area contributed by atoms with Gasteiger partial charge in [0, 0.05) is 16.3 Å². The van der Waals surface area contributed by atoms with Crippen LogP contribution in [0.2, 0.25) is 5.02 Å². The Kier molecular flexibility index (Phi) is 3.24. The van der Waals surface area contributed by atoms with E-state index in [-0.39, 0.29) is 11.8 Å². The van der Waals surface area contributed by atoms with Crippen LogP contribution in [-0.4, -0.2) is 17.1 Å². The summed E-state index contributed by atoms with van der Waals surface area (Å²) in [5, 5.41) is 0.455. The topological polar surface area (TPSA) is 35.0 Å². The van der Waals surface area contributed by atoms with Gasteiger partial charge >= 0.3 is 6.01 Å². The number of rotatable bonds is 2. The molecule has 0 aliphatic carbocycles. The normalized spacial score (nSPS) is 10.4. The summed E-state index contributed by atoms with van der Waals surface area (Å²) in [6.07, 6.45) is 0. The highest BCUT2D eigenvalue weighted by Crippen LogP contribution is 2.25. The fourth-order valence-electron chi connectivity index (χ4n) is 1.46. The molecule has 0 atom stereocenters. The third-order valence-corrected chi connectivity index (χ3v) is 2.46. The molecule has 0 radical (unpaired) electrons. The zero-order valence-corrected chi connectivity index (χ0v) is 10.1. The van der Waals surface area contributed by atoms with Crippen LogP contribution in [0.1, 0.15) is 5.69 Å². The molecule has 0 aliphatic heterocycles. The molecule has 0 N–H and O–H groups in total. The molecule has 0 unspecified atom stereocenters. The Morgan fingerprint density at radius 1 is 1.24 bits per heavy atom. The zero-order valence-electron chi connectivity index (χ0n) is 9.37. The van der Waals surface area contributed by atoms with Crippen LogP contribution in [0.15, 0.2) is 24.3 Å². The van der Waals surface area contributed by atoms with E-state index in [1.165, 1.54) is 25.3 Å². The third-order valence-electron chi connectivity index (χ3n) is 2.22. The van der Waals surface area contributed by atoms with Crippen molar-refractivity contribution in [2.24, 2.45) is 0 Å². The number of methoxy groups -OCH3 is 1. The van der Waals surface area contributed by atoms with E-state index in [4.69, 9.17) is 16.3 Å². The highest BCUT2D eigenvalue weighted by Gasteiger charge is 2.10. The number of nitrogens with zero attached hydrogens (tertiary/aromatic N) is 2. The Morgan fingerprint density at radius 3 is 2.71 bits per heavy atom. The second kappa shape index (κ2) is 4.67. The Balaban J connectivity index is 2.59. The molecule has 17 heavy (non-hydrogen) atoms. The Hall–Kier alpha value is -1.68. The van der Waals surface area contributed by atoms with Crippen LogP contribution in [0.4, 0.5) is 4.39 Å². The van der Waals surface area contributed by atoms with Crippen molar-refractivity contribution in [3.05, 3.63) is 40.8 Å². The van der Waals surface area contributed by atoms with Gasteiger partial charge in [0.2, 0.25) is 0 Å². The highest BCUT2D eigenvalue weighted by molar-refractivity contribution is 6.30. The number of halogens is 2. The number of benzene rings is 1. The van der Waals surface area contributed by atoms with Crippen LogP contribution in [0.3, 0.4) is 0 Å². The molecule has 1 heterocycles. The molecule has 0 spiro atoms. The van der Waals surface area contributed by atoms with E-state index in [9.17, 15) is 4.39 Å². The smallest absolute Gasteiger partial charge is 0.316 e. The third kappa shape index (κ3) is 2.53. The molecule has 0 aliphatic rings. The van der Waals surface area contributed by atoms with Gasteiger partial charge in [-0.25, -0.2) is 9.37 Å². The predicted octanol–water partition coefficient (Wildman–Crippen LogP) is 3.25. The molecule has 0 saturated carbocycles.